The second-order valence-corrected chi connectivity index (χ2v) is 7.83. The number of carbonyl (C=O) groups is 2. The molecule has 0 aliphatic heterocycles. The molecule has 0 aliphatic carbocycles. The first-order valence-corrected chi connectivity index (χ1v) is 8.72. The van der Waals surface area contributed by atoms with Gasteiger partial charge >= 0.3 is 6.09 Å². The predicted molar refractivity (Wildman–Crippen MR) is 97.0 cm³/mol. The van der Waals surface area contributed by atoms with Crippen molar-refractivity contribution in [2.24, 2.45) is 0 Å². The van der Waals surface area contributed by atoms with E-state index in [9.17, 15) is 9.59 Å². The fraction of sp³-hybridized carbons (Fsp3) is 0.333. The molecule has 0 radical (unpaired) electrons. The number of benzene rings is 1. The summed E-state index contributed by atoms with van der Waals surface area (Å²) in [5.74, 6) is 0. The number of halogens is 1. The van der Waals surface area contributed by atoms with E-state index < -0.39 is 11.7 Å². The van der Waals surface area contributed by atoms with E-state index in [2.05, 4.69) is 0 Å². The Kier molecular flexibility index (Phi) is 5.67. The van der Waals surface area contributed by atoms with Crippen LogP contribution in [0.25, 0.3) is 0 Å². The Labute approximate surface area is 151 Å². The highest BCUT2D eigenvalue weighted by Crippen LogP contribution is 2.32. The lowest BCUT2D eigenvalue weighted by Crippen LogP contribution is -2.37. The van der Waals surface area contributed by atoms with E-state index in [0.29, 0.717) is 9.90 Å². The third kappa shape index (κ3) is 4.58. The first kappa shape index (κ1) is 18.5. The zero-order valence-corrected chi connectivity index (χ0v) is 15.6. The Morgan fingerprint density at radius 2 is 2.00 bits per heavy atom. The molecule has 6 heteroatoms. The van der Waals surface area contributed by atoms with Crippen LogP contribution in [-0.4, -0.2) is 29.9 Å². The molecule has 2 rings (SSSR count). The minimum Gasteiger partial charge on any atom is -0.444 e. The van der Waals surface area contributed by atoms with Gasteiger partial charge < -0.3 is 9.64 Å². The minimum atomic E-state index is -0.590. The summed E-state index contributed by atoms with van der Waals surface area (Å²) >= 11 is 7.45. The molecule has 0 N–H and O–H groups in total. The third-order valence-electron chi connectivity index (χ3n) is 3.31. The molecule has 4 nitrogen and oxygen atoms in total. The van der Waals surface area contributed by atoms with Crippen molar-refractivity contribution in [3.8, 4) is 0 Å². The van der Waals surface area contributed by atoms with E-state index in [4.69, 9.17) is 16.3 Å². The highest BCUT2D eigenvalue weighted by molar-refractivity contribution is 7.11. The average molecular weight is 366 g/mol. The second kappa shape index (κ2) is 7.36. The fourth-order valence-electron chi connectivity index (χ4n) is 2.33. The summed E-state index contributed by atoms with van der Waals surface area (Å²) in [5.41, 5.74) is 1.11. The summed E-state index contributed by atoms with van der Waals surface area (Å²) in [7, 11) is 1.68. The summed E-state index contributed by atoms with van der Waals surface area (Å²) < 4.78 is 5.47. The molecule has 0 aliphatic rings. The van der Waals surface area contributed by atoms with Crippen LogP contribution in [-0.2, 0) is 4.74 Å². The number of ether oxygens (including phenoxy) is 1. The van der Waals surface area contributed by atoms with E-state index >= 15 is 0 Å². The summed E-state index contributed by atoms with van der Waals surface area (Å²) in [5, 5.41) is 2.46. The Hall–Kier alpha value is -1.85. The maximum Gasteiger partial charge on any atom is 0.410 e. The van der Waals surface area contributed by atoms with Gasteiger partial charge in [0.25, 0.3) is 0 Å². The van der Waals surface area contributed by atoms with Gasteiger partial charge in [-0.3, -0.25) is 4.79 Å². The monoisotopic (exact) mass is 365 g/mol. The zero-order valence-electron chi connectivity index (χ0n) is 14.1. The average Bonchev–Trinajstić information content (AvgIpc) is 2.94. The van der Waals surface area contributed by atoms with Crippen LogP contribution in [0, 0.1) is 0 Å². The molecule has 0 spiro atoms. The lowest BCUT2D eigenvalue weighted by Gasteiger charge is -2.31. The van der Waals surface area contributed by atoms with Crippen molar-refractivity contribution in [3.63, 3.8) is 0 Å². The first-order chi connectivity index (χ1) is 11.2. The van der Waals surface area contributed by atoms with Gasteiger partial charge in [-0.2, -0.15) is 0 Å². The van der Waals surface area contributed by atoms with Crippen molar-refractivity contribution < 1.29 is 14.3 Å². The first-order valence-electron chi connectivity index (χ1n) is 7.46. The topological polar surface area (TPSA) is 46.6 Å². The number of rotatable bonds is 4. The maximum atomic E-state index is 12.5. The smallest absolute Gasteiger partial charge is 0.410 e. The molecule has 0 saturated heterocycles. The molecule has 0 unspecified atom stereocenters. The molecule has 0 saturated carbocycles. The van der Waals surface area contributed by atoms with Crippen LogP contribution in [0.1, 0.15) is 47.6 Å². The van der Waals surface area contributed by atoms with Crippen molar-refractivity contribution in [2.75, 3.05) is 7.05 Å². The molecule has 1 aromatic carbocycles. The number of thiophene rings is 1. The number of hydrogen-bond acceptors (Lipinski definition) is 4. The Morgan fingerprint density at radius 1 is 1.29 bits per heavy atom. The van der Waals surface area contributed by atoms with Crippen molar-refractivity contribution >= 4 is 35.3 Å². The number of aldehydes is 1. The van der Waals surface area contributed by atoms with Gasteiger partial charge in [0.05, 0.1) is 10.9 Å². The van der Waals surface area contributed by atoms with Gasteiger partial charge in [0.1, 0.15) is 5.60 Å². The van der Waals surface area contributed by atoms with Crippen molar-refractivity contribution in [1.29, 1.82) is 0 Å². The maximum absolute atomic E-state index is 12.5. The zero-order chi connectivity index (χ0) is 17.9. The Bertz CT molecular complexity index is 736. The number of carbonyl (C=O) groups excluding carboxylic acids is 2. The van der Waals surface area contributed by atoms with Crippen LogP contribution in [0.2, 0.25) is 5.02 Å². The van der Waals surface area contributed by atoms with Crippen LogP contribution in [0.3, 0.4) is 0 Å². The highest BCUT2D eigenvalue weighted by atomic mass is 35.5. The summed E-state index contributed by atoms with van der Waals surface area (Å²) in [6.07, 6.45) is 0.364. The molecule has 0 fully saturated rings. The minimum absolute atomic E-state index is 0.386. The van der Waals surface area contributed by atoms with Gasteiger partial charge in [0.15, 0.2) is 6.29 Å². The number of nitrogens with zero attached hydrogens (tertiary/aromatic N) is 1. The second-order valence-electron chi connectivity index (χ2n) is 6.45. The van der Waals surface area contributed by atoms with Gasteiger partial charge in [-0.05, 0) is 55.5 Å². The van der Waals surface area contributed by atoms with E-state index in [1.165, 1.54) is 16.2 Å². The molecular formula is C18H20ClNO3S. The standard InChI is InChI=1S/C18H20ClNO3S/c1-18(2,3)23-17(22)20(4)16(12-6-5-7-14(19)8-12)13-9-15(10-21)24-11-13/h5-11,16H,1-4H3/t16-/m1/s1. The van der Waals surface area contributed by atoms with E-state index in [1.807, 2.05) is 44.4 Å². The van der Waals surface area contributed by atoms with Crippen LogP contribution in [0.5, 0.6) is 0 Å². The lowest BCUT2D eigenvalue weighted by atomic mass is 10.00. The number of hydrogen-bond donors (Lipinski definition) is 0. The SMILES string of the molecule is CN(C(=O)OC(C)(C)C)[C@H](c1cccc(Cl)c1)c1csc(C=O)c1. The molecule has 2 aromatic rings. The van der Waals surface area contributed by atoms with Gasteiger partial charge in [0, 0.05) is 12.1 Å². The fourth-order valence-corrected chi connectivity index (χ4v) is 3.26. The highest BCUT2D eigenvalue weighted by Gasteiger charge is 2.28. The third-order valence-corrected chi connectivity index (χ3v) is 4.42. The van der Waals surface area contributed by atoms with Crippen molar-refractivity contribution in [2.45, 2.75) is 32.4 Å². The van der Waals surface area contributed by atoms with Crippen LogP contribution >= 0.6 is 22.9 Å². The van der Waals surface area contributed by atoms with Gasteiger partial charge in [-0.15, -0.1) is 11.3 Å². The largest absolute Gasteiger partial charge is 0.444 e. The van der Waals surface area contributed by atoms with Crippen molar-refractivity contribution in [1.82, 2.24) is 4.90 Å². The predicted octanol–water partition coefficient (Wildman–Crippen LogP) is 5.17. The van der Waals surface area contributed by atoms with E-state index in [1.54, 1.807) is 19.2 Å². The summed E-state index contributed by atoms with van der Waals surface area (Å²) in [6, 6.07) is 8.72. The summed E-state index contributed by atoms with van der Waals surface area (Å²) in [4.78, 5) is 25.6. The Balaban J connectivity index is 2.42. The Morgan fingerprint density at radius 3 is 2.54 bits per heavy atom. The van der Waals surface area contributed by atoms with Gasteiger partial charge in [0.2, 0.25) is 0 Å². The lowest BCUT2D eigenvalue weighted by molar-refractivity contribution is 0.0248. The molecule has 1 atom stereocenters. The van der Waals surface area contributed by atoms with Crippen LogP contribution in [0.4, 0.5) is 4.79 Å². The molecule has 1 aromatic heterocycles. The quantitative estimate of drug-likeness (QED) is 0.702. The molecule has 128 valence electrons. The van der Waals surface area contributed by atoms with Gasteiger partial charge in [-0.1, -0.05) is 23.7 Å². The molecule has 0 bridgehead atoms. The number of amides is 1. The molecule has 24 heavy (non-hydrogen) atoms. The molecule has 1 amide bonds. The molecule has 1 heterocycles. The summed E-state index contributed by atoms with van der Waals surface area (Å²) in [6.45, 7) is 5.46. The van der Waals surface area contributed by atoms with Crippen LogP contribution in [0.15, 0.2) is 35.7 Å². The normalized spacial score (nSPS) is 12.5. The van der Waals surface area contributed by atoms with E-state index in [-0.39, 0.29) is 6.04 Å². The van der Waals surface area contributed by atoms with E-state index in [0.717, 1.165) is 17.4 Å². The van der Waals surface area contributed by atoms with Crippen LogP contribution < -0.4 is 0 Å². The van der Waals surface area contributed by atoms with Crippen molar-refractivity contribution in [3.05, 3.63) is 56.7 Å². The molecular weight excluding hydrogens is 346 g/mol. The van der Waals surface area contributed by atoms with Gasteiger partial charge in [-0.25, -0.2) is 4.79 Å².